The molecule has 2 nitrogen and oxygen atoms in total. The Balaban J connectivity index is 2.02. The van der Waals surface area contributed by atoms with Gasteiger partial charge >= 0.3 is 0 Å². The van der Waals surface area contributed by atoms with E-state index in [-0.39, 0.29) is 0 Å². The summed E-state index contributed by atoms with van der Waals surface area (Å²) in [6.45, 7) is 2.86. The van der Waals surface area contributed by atoms with Gasteiger partial charge in [-0.3, -0.25) is 0 Å². The van der Waals surface area contributed by atoms with Gasteiger partial charge in [0.05, 0.1) is 12.5 Å². The van der Waals surface area contributed by atoms with Gasteiger partial charge in [-0.25, -0.2) is 0 Å². The van der Waals surface area contributed by atoms with Gasteiger partial charge in [-0.15, -0.1) is 0 Å². The lowest BCUT2D eigenvalue weighted by molar-refractivity contribution is 0.564. The topological polar surface area (TPSA) is 25.2 Å². The Kier molecular flexibility index (Phi) is 3.11. The minimum absolute atomic E-state index is 0.784. The van der Waals surface area contributed by atoms with Crippen molar-refractivity contribution in [3.05, 3.63) is 52.4 Å². The molecule has 2 aromatic rings. The van der Waals surface area contributed by atoms with E-state index in [1.165, 1.54) is 5.56 Å². The van der Waals surface area contributed by atoms with Crippen LogP contribution in [0, 0.1) is 6.92 Å². The Hall–Kier alpha value is -1.22. The van der Waals surface area contributed by atoms with E-state index in [2.05, 4.69) is 46.4 Å². The van der Waals surface area contributed by atoms with Gasteiger partial charge in [-0.1, -0.05) is 22.0 Å². The number of hydrogen-bond donors (Lipinski definition) is 1. The monoisotopic (exact) mass is 265 g/mol. The second-order valence-corrected chi connectivity index (χ2v) is 4.30. The molecule has 0 fully saturated rings. The highest BCUT2D eigenvalue weighted by atomic mass is 79.9. The Morgan fingerprint density at radius 1 is 1.33 bits per heavy atom. The molecule has 0 aliphatic rings. The fourth-order valence-electron chi connectivity index (χ4n) is 1.30. The highest BCUT2D eigenvalue weighted by Gasteiger charge is 1.98. The summed E-state index contributed by atoms with van der Waals surface area (Å²) in [6.07, 6.45) is 3.43. The van der Waals surface area contributed by atoms with Crippen molar-refractivity contribution in [3.8, 4) is 0 Å². The van der Waals surface area contributed by atoms with E-state index < -0.39 is 0 Å². The zero-order valence-corrected chi connectivity index (χ0v) is 10.0. The fourth-order valence-corrected chi connectivity index (χ4v) is 1.68. The van der Waals surface area contributed by atoms with E-state index >= 15 is 0 Å². The molecule has 0 radical (unpaired) electrons. The molecule has 1 N–H and O–H groups in total. The van der Waals surface area contributed by atoms with Crippen molar-refractivity contribution in [1.82, 2.24) is 0 Å². The number of hydrogen-bond acceptors (Lipinski definition) is 2. The van der Waals surface area contributed by atoms with Crippen molar-refractivity contribution in [3.63, 3.8) is 0 Å². The molecule has 0 saturated carbocycles. The minimum atomic E-state index is 0.784. The van der Waals surface area contributed by atoms with Crippen molar-refractivity contribution >= 4 is 21.6 Å². The largest absolute Gasteiger partial charge is 0.472 e. The first-order valence-corrected chi connectivity index (χ1v) is 5.56. The third-order valence-electron chi connectivity index (χ3n) is 2.25. The number of halogens is 1. The van der Waals surface area contributed by atoms with Crippen molar-refractivity contribution in [2.24, 2.45) is 0 Å². The molecule has 0 aliphatic heterocycles. The van der Waals surface area contributed by atoms with Crippen LogP contribution in [0.2, 0.25) is 0 Å². The van der Waals surface area contributed by atoms with E-state index in [0.29, 0.717) is 0 Å². The fraction of sp³-hybridized carbons (Fsp3) is 0.167. The van der Waals surface area contributed by atoms with E-state index in [4.69, 9.17) is 4.42 Å². The normalized spacial score (nSPS) is 10.3. The van der Waals surface area contributed by atoms with Gasteiger partial charge in [-0.2, -0.15) is 0 Å². The third kappa shape index (κ3) is 2.63. The lowest BCUT2D eigenvalue weighted by Gasteiger charge is -2.06. The Morgan fingerprint density at radius 2 is 2.20 bits per heavy atom. The molecule has 1 aromatic carbocycles. The van der Waals surface area contributed by atoms with Crippen molar-refractivity contribution in [1.29, 1.82) is 0 Å². The Morgan fingerprint density at radius 3 is 2.87 bits per heavy atom. The summed E-state index contributed by atoms with van der Waals surface area (Å²) in [4.78, 5) is 0. The van der Waals surface area contributed by atoms with Crippen molar-refractivity contribution < 1.29 is 4.42 Å². The average Bonchev–Trinajstić information content (AvgIpc) is 2.73. The summed E-state index contributed by atoms with van der Waals surface area (Å²) < 4.78 is 6.12. The summed E-state index contributed by atoms with van der Waals surface area (Å²) in [5.41, 5.74) is 3.49. The number of nitrogens with one attached hydrogen (secondary N) is 1. The molecule has 0 atom stereocenters. The lowest BCUT2D eigenvalue weighted by Crippen LogP contribution is -1.97. The van der Waals surface area contributed by atoms with E-state index in [9.17, 15) is 0 Å². The molecule has 0 amide bonds. The molecule has 0 unspecified atom stereocenters. The van der Waals surface area contributed by atoms with Crippen molar-refractivity contribution in [2.75, 3.05) is 5.32 Å². The van der Waals surface area contributed by atoms with Crippen LogP contribution < -0.4 is 5.32 Å². The first-order valence-electron chi connectivity index (χ1n) is 4.77. The average molecular weight is 266 g/mol. The summed E-state index contributed by atoms with van der Waals surface area (Å²) >= 11 is 3.51. The molecule has 78 valence electrons. The van der Waals surface area contributed by atoms with Crippen LogP contribution >= 0.6 is 15.9 Å². The van der Waals surface area contributed by atoms with E-state index in [1.54, 1.807) is 12.5 Å². The Labute approximate surface area is 97.4 Å². The van der Waals surface area contributed by atoms with Crippen LogP contribution in [0.5, 0.6) is 0 Å². The number of anilines is 1. The van der Waals surface area contributed by atoms with E-state index in [1.807, 2.05) is 6.07 Å². The minimum Gasteiger partial charge on any atom is -0.472 e. The highest BCUT2D eigenvalue weighted by Crippen LogP contribution is 2.21. The molecule has 0 saturated heterocycles. The molecular weight excluding hydrogens is 254 g/mol. The number of rotatable bonds is 3. The van der Waals surface area contributed by atoms with Crippen LogP contribution in [0.4, 0.5) is 5.69 Å². The molecule has 3 heteroatoms. The first-order chi connectivity index (χ1) is 7.25. The van der Waals surface area contributed by atoms with Crippen LogP contribution in [0.3, 0.4) is 0 Å². The maximum atomic E-state index is 5.00. The number of benzene rings is 1. The first kappa shape index (κ1) is 10.3. The Bertz CT molecular complexity index is 437. The summed E-state index contributed by atoms with van der Waals surface area (Å²) in [7, 11) is 0. The predicted octanol–water partition coefficient (Wildman–Crippen LogP) is 3.96. The predicted molar refractivity (Wildman–Crippen MR) is 64.9 cm³/mol. The molecule has 2 rings (SSSR count). The smallest absolute Gasteiger partial charge is 0.0952 e. The van der Waals surface area contributed by atoms with Crippen molar-refractivity contribution in [2.45, 2.75) is 13.5 Å². The molecule has 1 heterocycles. The quantitative estimate of drug-likeness (QED) is 0.909. The maximum absolute atomic E-state index is 5.00. The summed E-state index contributed by atoms with van der Waals surface area (Å²) in [5, 5.41) is 3.33. The number of aryl methyl sites for hydroxylation is 1. The molecule has 1 aromatic heterocycles. The molecule has 15 heavy (non-hydrogen) atoms. The lowest BCUT2D eigenvalue weighted by atomic mass is 10.2. The summed E-state index contributed by atoms with van der Waals surface area (Å²) in [6, 6.07) is 8.19. The molecule has 0 aliphatic carbocycles. The standard InChI is InChI=1S/C12H12BrNO/c1-9-2-3-11(6-12(9)13)14-7-10-4-5-15-8-10/h2-6,8,14H,7H2,1H3. The molecular formula is C12H12BrNO. The zero-order chi connectivity index (χ0) is 10.7. The van der Waals surface area contributed by atoms with Gasteiger partial charge in [0.25, 0.3) is 0 Å². The van der Waals surface area contributed by atoms with Crippen LogP contribution in [0.25, 0.3) is 0 Å². The van der Waals surface area contributed by atoms with Crippen LogP contribution in [0.15, 0.2) is 45.7 Å². The molecule has 0 bridgehead atoms. The van der Waals surface area contributed by atoms with Gasteiger partial charge in [-0.05, 0) is 30.7 Å². The van der Waals surface area contributed by atoms with Gasteiger partial charge in [0, 0.05) is 22.3 Å². The van der Waals surface area contributed by atoms with Gasteiger partial charge in [0.1, 0.15) is 0 Å². The SMILES string of the molecule is Cc1ccc(NCc2ccoc2)cc1Br. The highest BCUT2D eigenvalue weighted by molar-refractivity contribution is 9.10. The summed E-state index contributed by atoms with van der Waals surface area (Å²) in [5.74, 6) is 0. The van der Waals surface area contributed by atoms with Gasteiger partial charge < -0.3 is 9.73 Å². The van der Waals surface area contributed by atoms with Crippen LogP contribution in [-0.4, -0.2) is 0 Å². The van der Waals surface area contributed by atoms with Gasteiger partial charge in [0.15, 0.2) is 0 Å². The van der Waals surface area contributed by atoms with Crippen LogP contribution in [-0.2, 0) is 6.54 Å². The third-order valence-corrected chi connectivity index (χ3v) is 3.10. The second kappa shape index (κ2) is 4.53. The second-order valence-electron chi connectivity index (χ2n) is 3.45. The van der Waals surface area contributed by atoms with E-state index in [0.717, 1.165) is 22.3 Å². The number of furan rings is 1. The molecule has 0 spiro atoms. The van der Waals surface area contributed by atoms with Crippen LogP contribution in [0.1, 0.15) is 11.1 Å². The van der Waals surface area contributed by atoms with Gasteiger partial charge in [0.2, 0.25) is 0 Å². The maximum Gasteiger partial charge on any atom is 0.0952 e. The zero-order valence-electron chi connectivity index (χ0n) is 8.46.